The second-order valence-electron chi connectivity index (χ2n) is 10.6. The van der Waals surface area contributed by atoms with Crippen LogP contribution in [0.4, 0.5) is 4.39 Å². The summed E-state index contributed by atoms with van der Waals surface area (Å²) in [5, 5.41) is 9.54. The Balaban J connectivity index is 1.30. The van der Waals surface area contributed by atoms with E-state index < -0.39 is 12.1 Å². The quantitative estimate of drug-likeness (QED) is 0.342. The Bertz CT molecular complexity index is 1420. The van der Waals surface area contributed by atoms with Crippen molar-refractivity contribution in [1.29, 1.82) is 0 Å². The molecule has 39 heavy (non-hydrogen) atoms. The van der Waals surface area contributed by atoms with Crippen LogP contribution in [0.1, 0.15) is 59.1 Å². The Morgan fingerprint density at radius 3 is 2.56 bits per heavy atom. The Morgan fingerprint density at radius 2 is 1.85 bits per heavy atom. The van der Waals surface area contributed by atoms with Crippen molar-refractivity contribution in [2.45, 2.75) is 57.7 Å². The molecule has 2 aliphatic heterocycles. The summed E-state index contributed by atoms with van der Waals surface area (Å²) in [6, 6.07) is 10.8. The highest BCUT2D eigenvalue weighted by Gasteiger charge is 2.33. The van der Waals surface area contributed by atoms with Crippen LogP contribution in [0.5, 0.6) is 17.2 Å². The minimum Gasteiger partial charge on any atom is -0.492 e. The van der Waals surface area contributed by atoms with Gasteiger partial charge in [0.25, 0.3) is 0 Å². The summed E-state index contributed by atoms with van der Waals surface area (Å²) in [6.45, 7) is 5.68. The van der Waals surface area contributed by atoms with Crippen molar-refractivity contribution in [3.63, 3.8) is 0 Å². The van der Waals surface area contributed by atoms with Crippen LogP contribution in [-0.2, 0) is 16.0 Å². The van der Waals surface area contributed by atoms with E-state index in [0.29, 0.717) is 54.7 Å². The SMILES string of the molecule is Cc1cc(OC2CCOC2)cc(C)c1-c1c(Cl)cc(F)c2c1CCC2Oc1ccc2c(c1)OCC2CC(=O)O. The number of fused-ring (bicyclic) bond motifs is 2. The predicted octanol–water partition coefficient (Wildman–Crippen LogP) is 6.95. The van der Waals surface area contributed by atoms with Crippen LogP contribution in [0.3, 0.4) is 0 Å². The molecular weight excluding hydrogens is 523 g/mol. The maximum absolute atomic E-state index is 15.4. The number of aryl methyl sites for hydroxylation is 2. The third kappa shape index (κ3) is 4.94. The van der Waals surface area contributed by atoms with Crippen LogP contribution in [0.25, 0.3) is 11.1 Å². The van der Waals surface area contributed by atoms with E-state index >= 15 is 4.39 Å². The number of aliphatic carboxylic acids is 1. The molecule has 1 aliphatic carbocycles. The third-order valence-electron chi connectivity index (χ3n) is 7.87. The van der Waals surface area contributed by atoms with Crippen LogP contribution in [0, 0.1) is 19.7 Å². The highest BCUT2D eigenvalue weighted by Crippen LogP contribution is 2.47. The largest absolute Gasteiger partial charge is 0.492 e. The molecular formula is C31H30ClFO6. The zero-order valence-corrected chi connectivity index (χ0v) is 22.6. The van der Waals surface area contributed by atoms with Crippen molar-refractivity contribution in [3.8, 4) is 28.4 Å². The number of carboxylic acid groups (broad SMARTS) is 1. The summed E-state index contributed by atoms with van der Waals surface area (Å²) >= 11 is 6.70. The summed E-state index contributed by atoms with van der Waals surface area (Å²) in [5.41, 5.74) is 6.11. The molecule has 3 unspecified atom stereocenters. The van der Waals surface area contributed by atoms with Gasteiger partial charge in [-0.3, -0.25) is 4.79 Å². The molecule has 0 aromatic heterocycles. The van der Waals surface area contributed by atoms with Gasteiger partial charge in [0.15, 0.2) is 0 Å². The van der Waals surface area contributed by atoms with Crippen molar-refractivity contribution in [2.75, 3.05) is 19.8 Å². The zero-order chi connectivity index (χ0) is 27.3. The lowest BCUT2D eigenvalue weighted by molar-refractivity contribution is -0.137. The molecule has 1 N–H and O–H groups in total. The van der Waals surface area contributed by atoms with Gasteiger partial charge in [0.2, 0.25) is 0 Å². The van der Waals surface area contributed by atoms with E-state index in [1.54, 1.807) is 12.1 Å². The van der Waals surface area contributed by atoms with Gasteiger partial charge in [0.1, 0.15) is 35.3 Å². The normalized spacial score (nSPS) is 21.4. The number of rotatable bonds is 7. The molecule has 3 atom stereocenters. The first-order valence-corrected chi connectivity index (χ1v) is 13.7. The molecule has 0 amide bonds. The lowest BCUT2D eigenvalue weighted by Crippen LogP contribution is -2.16. The van der Waals surface area contributed by atoms with Gasteiger partial charge in [-0.2, -0.15) is 0 Å². The molecule has 6 rings (SSSR count). The van der Waals surface area contributed by atoms with E-state index in [-0.39, 0.29) is 24.3 Å². The molecule has 0 radical (unpaired) electrons. The minimum absolute atomic E-state index is 0.0128. The van der Waals surface area contributed by atoms with E-state index in [9.17, 15) is 4.79 Å². The van der Waals surface area contributed by atoms with Gasteiger partial charge >= 0.3 is 5.97 Å². The molecule has 0 saturated carbocycles. The third-order valence-corrected chi connectivity index (χ3v) is 8.16. The Kier molecular flexibility index (Phi) is 6.89. The molecule has 204 valence electrons. The second kappa shape index (κ2) is 10.4. The van der Waals surface area contributed by atoms with Crippen LogP contribution >= 0.6 is 11.6 Å². The summed E-state index contributed by atoms with van der Waals surface area (Å²) < 4.78 is 39.0. The molecule has 3 aromatic rings. The maximum atomic E-state index is 15.4. The van der Waals surface area contributed by atoms with Crippen molar-refractivity contribution in [1.82, 2.24) is 0 Å². The summed E-state index contributed by atoms with van der Waals surface area (Å²) in [7, 11) is 0. The Morgan fingerprint density at radius 1 is 1.05 bits per heavy atom. The number of hydrogen-bond acceptors (Lipinski definition) is 5. The highest BCUT2D eigenvalue weighted by atomic mass is 35.5. The minimum atomic E-state index is -0.861. The molecule has 0 bridgehead atoms. The van der Waals surface area contributed by atoms with E-state index in [4.69, 9.17) is 35.7 Å². The molecule has 3 aromatic carbocycles. The van der Waals surface area contributed by atoms with Gasteiger partial charge in [0.05, 0.1) is 31.3 Å². The van der Waals surface area contributed by atoms with Crippen molar-refractivity contribution >= 4 is 17.6 Å². The second-order valence-corrected chi connectivity index (χ2v) is 11.0. The summed E-state index contributed by atoms with van der Waals surface area (Å²) in [6.07, 6.45) is 1.71. The fraction of sp³-hybridized carbons (Fsp3) is 0.387. The zero-order valence-electron chi connectivity index (χ0n) is 21.9. The number of halogens is 2. The van der Waals surface area contributed by atoms with Crippen LogP contribution < -0.4 is 14.2 Å². The first-order valence-electron chi connectivity index (χ1n) is 13.3. The van der Waals surface area contributed by atoms with E-state index in [0.717, 1.165) is 45.6 Å². The first-order chi connectivity index (χ1) is 18.8. The molecule has 1 saturated heterocycles. The van der Waals surface area contributed by atoms with Gasteiger partial charge in [-0.05, 0) is 73.2 Å². The van der Waals surface area contributed by atoms with Gasteiger partial charge in [-0.1, -0.05) is 17.7 Å². The van der Waals surface area contributed by atoms with E-state index in [1.807, 2.05) is 32.0 Å². The smallest absolute Gasteiger partial charge is 0.304 e. The lowest BCUT2D eigenvalue weighted by Gasteiger charge is -2.21. The molecule has 6 nitrogen and oxygen atoms in total. The van der Waals surface area contributed by atoms with Crippen molar-refractivity contribution in [2.24, 2.45) is 0 Å². The Labute approximate surface area is 231 Å². The van der Waals surface area contributed by atoms with Crippen molar-refractivity contribution in [3.05, 3.63) is 75.1 Å². The van der Waals surface area contributed by atoms with E-state index in [2.05, 4.69) is 0 Å². The first kappa shape index (κ1) is 26.0. The number of carbonyl (C=O) groups is 1. The molecule has 3 aliphatic rings. The fourth-order valence-corrected chi connectivity index (χ4v) is 6.46. The summed E-state index contributed by atoms with van der Waals surface area (Å²) in [5.74, 6) is 0.549. The standard InChI is InChI=1S/C31H30ClFO6/c1-16-9-21(38-20-7-8-36-15-20)10-17(2)29(16)30-23-5-6-26(31(23)25(33)13-24(30)32)39-19-3-4-22-18(11-28(34)35)14-37-27(22)12-19/h3-4,9-10,12-13,18,20,26H,5-8,11,14-15H2,1-2H3,(H,34,35). The monoisotopic (exact) mass is 552 g/mol. The number of hydrogen-bond donors (Lipinski definition) is 1. The average molecular weight is 553 g/mol. The maximum Gasteiger partial charge on any atom is 0.304 e. The fourth-order valence-electron chi connectivity index (χ4n) is 6.16. The van der Waals surface area contributed by atoms with Gasteiger partial charge < -0.3 is 24.1 Å². The average Bonchev–Trinajstić information content (AvgIpc) is 3.62. The molecule has 2 heterocycles. The summed E-state index contributed by atoms with van der Waals surface area (Å²) in [4.78, 5) is 11.2. The van der Waals surface area contributed by atoms with Gasteiger partial charge in [-0.25, -0.2) is 4.39 Å². The topological polar surface area (TPSA) is 74.2 Å². The molecule has 1 fully saturated rings. The van der Waals surface area contributed by atoms with Gasteiger partial charge in [0, 0.05) is 35.1 Å². The predicted molar refractivity (Wildman–Crippen MR) is 145 cm³/mol. The molecule has 0 spiro atoms. The van der Waals surface area contributed by atoms with Crippen LogP contribution in [0.15, 0.2) is 36.4 Å². The van der Waals surface area contributed by atoms with Crippen LogP contribution in [0.2, 0.25) is 5.02 Å². The molecule has 8 heteroatoms. The van der Waals surface area contributed by atoms with Crippen LogP contribution in [-0.4, -0.2) is 37.0 Å². The number of benzene rings is 3. The number of ether oxygens (including phenoxy) is 4. The van der Waals surface area contributed by atoms with E-state index in [1.165, 1.54) is 6.07 Å². The number of carboxylic acids is 1. The lowest BCUT2D eigenvalue weighted by atomic mass is 9.90. The van der Waals surface area contributed by atoms with Crippen molar-refractivity contribution < 1.29 is 33.2 Å². The van der Waals surface area contributed by atoms with Gasteiger partial charge in [-0.15, -0.1) is 0 Å². The highest BCUT2D eigenvalue weighted by molar-refractivity contribution is 6.33. The Hall–Kier alpha value is -3.29.